The second-order valence-corrected chi connectivity index (χ2v) is 6.51. The topological polar surface area (TPSA) is 59.1 Å². The van der Waals surface area contributed by atoms with Gasteiger partial charge >= 0.3 is 12.3 Å². The number of hydrogen-bond acceptors (Lipinski definition) is 5. The molecular formula is C18H23F3N2O4. The third kappa shape index (κ3) is 6.42. The minimum atomic E-state index is -4.77. The summed E-state index contributed by atoms with van der Waals surface area (Å²) in [6, 6.07) is 5.85. The molecule has 0 spiro atoms. The number of carbonyl (C=O) groups is 2. The van der Waals surface area contributed by atoms with Crippen LogP contribution in [-0.2, 0) is 20.9 Å². The van der Waals surface area contributed by atoms with Gasteiger partial charge in [0.05, 0.1) is 19.6 Å². The van der Waals surface area contributed by atoms with E-state index in [-0.39, 0.29) is 36.6 Å². The van der Waals surface area contributed by atoms with Crippen LogP contribution in [0.1, 0.15) is 18.4 Å². The molecule has 150 valence electrons. The van der Waals surface area contributed by atoms with E-state index in [9.17, 15) is 22.8 Å². The van der Waals surface area contributed by atoms with Gasteiger partial charge in [0.2, 0.25) is 5.91 Å². The molecule has 0 aromatic heterocycles. The molecule has 1 fully saturated rings. The van der Waals surface area contributed by atoms with Crippen LogP contribution in [0.15, 0.2) is 24.3 Å². The highest BCUT2D eigenvalue weighted by atomic mass is 19.4. The average molecular weight is 388 g/mol. The van der Waals surface area contributed by atoms with Gasteiger partial charge in [-0.2, -0.15) is 0 Å². The lowest BCUT2D eigenvalue weighted by atomic mass is 9.97. The number of likely N-dealkylation sites (N-methyl/N-ethyl adjacent to an activating group) is 1. The first-order valence-electron chi connectivity index (χ1n) is 8.57. The van der Waals surface area contributed by atoms with Crippen LogP contribution in [-0.4, -0.2) is 61.8 Å². The first-order valence-corrected chi connectivity index (χ1v) is 8.57. The number of halogens is 3. The van der Waals surface area contributed by atoms with E-state index in [1.807, 2.05) is 0 Å². The second-order valence-electron chi connectivity index (χ2n) is 6.51. The van der Waals surface area contributed by atoms with Crippen molar-refractivity contribution in [1.29, 1.82) is 0 Å². The quantitative estimate of drug-likeness (QED) is 0.701. The van der Waals surface area contributed by atoms with Gasteiger partial charge in [0, 0.05) is 25.2 Å². The zero-order valence-corrected chi connectivity index (χ0v) is 15.3. The number of carbonyl (C=O) groups excluding carboxylic acids is 2. The van der Waals surface area contributed by atoms with E-state index in [4.69, 9.17) is 4.74 Å². The van der Waals surface area contributed by atoms with E-state index in [1.54, 1.807) is 22.9 Å². The first-order chi connectivity index (χ1) is 12.7. The Morgan fingerprint density at radius 1 is 1.22 bits per heavy atom. The number of esters is 1. The van der Waals surface area contributed by atoms with Gasteiger partial charge in [0.25, 0.3) is 0 Å². The lowest BCUT2D eigenvalue weighted by Crippen LogP contribution is -2.44. The van der Waals surface area contributed by atoms with Gasteiger partial charge < -0.3 is 14.4 Å². The number of rotatable bonds is 6. The van der Waals surface area contributed by atoms with E-state index in [2.05, 4.69) is 4.74 Å². The maximum atomic E-state index is 12.5. The monoisotopic (exact) mass is 388 g/mol. The molecule has 27 heavy (non-hydrogen) atoms. The fourth-order valence-electron chi connectivity index (χ4n) is 3.07. The predicted molar refractivity (Wildman–Crippen MR) is 90.8 cm³/mol. The van der Waals surface area contributed by atoms with Gasteiger partial charge in [-0.05, 0) is 26.0 Å². The summed E-state index contributed by atoms with van der Waals surface area (Å²) in [6.45, 7) is 1.11. The Bertz CT molecular complexity index is 658. The van der Waals surface area contributed by atoms with Crippen LogP contribution < -0.4 is 4.74 Å². The molecule has 0 N–H and O–H groups in total. The van der Waals surface area contributed by atoms with Crippen LogP contribution in [0.2, 0.25) is 0 Å². The number of methoxy groups -OCH3 is 1. The van der Waals surface area contributed by atoms with E-state index >= 15 is 0 Å². The van der Waals surface area contributed by atoms with E-state index < -0.39 is 6.36 Å². The molecule has 2 rings (SSSR count). The van der Waals surface area contributed by atoms with Gasteiger partial charge in [-0.1, -0.05) is 18.2 Å². The van der Waals surface area contributed by atoms with Crippen LogP contribution in [0.5, 0.6) is 5.75 Å². The molecule has 9 heteroatoms. The van der Waals surface area contributed by atoms with Crippen molar-refractivity contribution < 1.29 is 32.2 Å². The van der Waals surface area contributed by atoms with E-state index in [0.717, 1.165) is 0 Å². The van der Waals surface area contributed by atoms with Gasteiger partial charge in [0.15, 0.2) is 0 Å². The SMILES string of the molecule is COC(=O)C1CCN(C(=O)CN(C)Cc2ccccc2OC(F)(F)F)CC1. The minimum absolute atomic E-state index is 0.0588. The average Bonchev–Trinajstić information content (AvgIpc) is 2.61. The standard InChI is InChI=1S/C18H23F3N2O4/c1-22(11-14-5-3-4-6-15(14)27-18(19,20)21)12-16(24)23-9-7-13(8-10-23)17(25)26-2/h3-6,13H,7-12H2,1-2H3. The highest BCUT2D eigenvalue weighted by molar-refractivity contribution is 5.79. The van der Waals surface area contributed by atoms with Crippen molar-refractivity contribution in [3.8, 4) is 5.75 Å². The molecule has 6 nitrogen and oxygen atoms in total. The molecule has 0 bridgehead atoms. The van der Waals surface area contributed by atoms with Crippen molar-refractivity contribution in [3.05, 3.63) is 29.8 Å². The van der Waals surface area contributed by atoms with Gasteiger partial charge in [-0.3, -0.25) is 14.5 Å². The number of ether oxygens (including phenoxy) is 2. The summed E-state index contributed by atoms with van der Waals surface area (Å²) in [5.41, 5.74) is 0.342. The highest BCUT2D eigenvalue weighted by Crippen LogP contribution is 2.27. The normalized spacial score (nSPS) is 15.7. The molecule has 0 atom stereocenters. The summed E-state index contributed by atoms with van der Waals surface area (Å²) in [7, 11) is 3.00. The van der Waals surface area contributed by atoms with Crippen molar-refractivity contribution in [1.82, 2.24) is 9.80 Å². The summed E-state index contributed by atoms with van der Waals surface area (Å²) in [5, 5.41) is 0. The number of piperidine rings is 1. The molecule has 1 heterocycles. The molecule has 1 aliphatic heterocycles. The number of benzene rings is 1. The first kappa shape index (κ1) is 21.0. The van der Waals surface area contributed by atoms with E-state index in [1.165, 1.54) is 25.3 Å². The van der Waals surface area contributed by atoms with Gasteiger partial charge in [0.1, 0.15) is 5.75 Å². The molecule has 1 saturated heterocycles. The third-order valence-electron chi connectivity index (χ3n) is 4.43. The smallest absolute Gasteiger partial charge is 0.469 e. The fraction of sp³-hybridized carbons (Fsp3) is 0.556. The molecule has 1 aromatic carbocycles. The van der Waals surface area contributed by atoms with Crippen LogP contribution >= 0.6 is 0 Å². The highest BCUT2D eigenvalue weighted by Gasteiger charge is 2.32. The second kappa shape index (κ2) is 9.07. The summed E-state index contributed by atoms with van der Waals surface area (Å²) >= 11 is 0. The van der Waals surface area contributed by atoms with Crippen LogP contribution in [0.25, 0.3) is 0 Å². The largest absolute Gasteiger partial charge is 0.573 e. The molecule has 0 radical (unpaired) electrons. The molecular weight excluding hydrogens is 365 g/mol. The Balaban J connectivity index is 1.88. The number of nitrogens with zero attached hydrogens (tertiary/aromatic N) is 2. The Morgan fingerprint density at radius 2 is 1.85 bits per heavy atom. The van der Waals surface area contributed by atoms with Gasteiger partial charge in [-0.15, -0.1) is 13.2 Å². The predicted octanol–water partition coefficient (Wildman–Crippen LogP) is 2.43. The zero-order valence-electron chi connectivity index (χ0n) is 15.3. The van der Waals surface area contributed by atoms with Crippen molar-refractivity contribution in [2.75, 3.05) is 33.8 Å². The summed E-state index contributed by atoms with van der Waals surface area (Å²) < 4.78 is 46.2. The van der Waals surface area contributed by atoms with Crippen molar-refractivity contribution in [2.24, 2.45) is 5.92 Å². The Kier molecular flexibility index (Phi) is 7.06. The summed E-state index contributed by atoms with van der Waals surface area (Å²) in [6.07, 6.45) is -3.68. The number of hydrogen-bond donors (Lipinski definition) is 0. The summed E-state index contributed by atoms with van der Waals surface area (Å²) in [5.74, 6) is -0.859. The maximum absolute atomic E-state index is 12.5. The number of alkyl halides is 3. The van der Waals surface area contributed by atoms with Crippen molar-refractivity contribution in [2.45, 2.75) is 25.7 Å². The lowest BCUT2D eigenvalue weighted by Gasteiger charge is -2.32. The van der Waals surface area contributed by atoms with Gasteiger partial charge in [-0.25, -0.2) is 0 Å². The molecule has 0 aliphatic carbocycles. The maximum Gasteiger partial charge on any atom is 0.573 e. The number of amides is 1. The van der Waals surface area contributed by atoms with Crippen LogP contribution in [0.3, 0.4) is 0 Å². The minimum Gasteiger partial charge on any atom is -0.469 e. The van der Waals surface area contributed by atoms with Crippen molar-refractivity contribution in [3.63, 3.8) is 0 Å². The van der Waals surface area contributed by atoms with E-state index in [0.29, 0.717) is 31.5 Å². The molecule has 1 aromatic rings. The summed E-state index contributed by atoms with van der Waals surface area (Å²) in [4.78, 5) is 27.2. The third-order valence-corrected chi connectivity index (χ3v) is 4.43. The Hall–Kier alpha value is -2.29. The zero-order chi connectivity index (χ0) is 20.0. The molecule has 1 amide bonds. The Labute approximate surface area is 155 Å². The van der Waals surface area contributed by atoms with Crippen LogP contribution in [0, 0.1) is 5.92 Å². The Morgan fingerprint density at radius 3 is 2.44 bits per heavy atom. The van der Waals surface area contributed by atoms with Crippen LogP contribution in [0.4, 0.5) is 13.2 Å². The lowest BCUT2D eigenvalue weighted by molar-refractivity contribution is -0.275. The molecule has 1 aliphatic rings. The molecule has 0 saturated carbocycles. The van der Waals surface area contributed by atoms with Crippen molar-refractivity contribution >= 4 is 11.9 Å². The number of para-hydroxylation sites is 1. The number of likely N-dealkylation sites (tertiary alicyclic amines) is 1. The fourth-order valence-corrected chi connectivity index (χ4v) is 3.07. The molecule has 0 unspecified atom stereocenters.